The SMILES string of the molecule is CNc1nc(COc2ccccc2)cc2ccccc12. The minimum Gasteiger partial charge on any atom is -0.487 e. The van der Waals surface area contributed by atoms with E-state index in [1.54, 1.807) is 0 Å². The summed E-state index contributed by atoms with van der Waals surface area (Å²) in [6.45, 7) is 0.462. The van der Waals surface area contributed by atoms with Crippen LogP contribution < -0.4 is 10.1 Å². The van der Waals surface area contributed by atoms with Crippen LogP contribution in [0, 0.1) is 0 Å². The van der Waals surface area contributed by atoms with Crippen molar-refractivity contribution >= 4 is 16.6 Å². The van der Waals surface area contributed by atoms with Crippen LogP contribution in [0.3, 0.4) is 0 Å². The van der Waals surface area contributed by atoms with Crippen molar-refractivity contribution < 1.29 is 4.74 Å². The second kappa shape index (κ2) is 5.61. The molecule has 100 valence electrons. The highest BCUT2D eigenvalue weighted by Gasteiger charge is 2.05. The zero-order valence-electron chi connectivity index (χ0n) is 11.3. The highest BCUT2D eigenvalue weighted by atomic mass is 16.5. The third-order valence-electron chi connectivity index (χ3n) is 3.16. The van der Waals surface area contributed by atoms with Gasteiger partial charge in [0.05, 0.1) is 5.69 Å². The average Bonchev–Trinajstić information content (AvgIpc) is 2.53. The summed E-state index contributed by atoms with van der Waals surface area (Å²) in [6.07, 6.45) is 0. The van der Waals surface area contributed by atoms with Gasteiger partial charge in [-0.25, -0.2) is 4.98 Å². The molecule has 1 N–H and O–H groups in total. The highest BCUT2D eigenvalue weighted by Crippen LogP contribution is 2.22. The molecule has 0 fully saturated rings. The third-order valence-corrected chi connectivity index (χ3v) is 3.16. The average molecular weight is 264 g/mol. The van der Waals surface area contributed by atoms with E-state index in [4.69, 9.17) is 4.74 Å². The van der Waals surface area contributed by atoms with Gasteiger partial charge in [-0.15, -0.1) is 0 Å². The summed E-state index contributed by atoms with van der Waals surface area (Å²) < 4.78 is 5.75. The molecule has 0 unspecified atom stereocenters. The van der Waals surface area contributed by atoms with Crippen LogP contribution in [0.2, 0.25) is 0 Å². The zero-order valence-corrected chi connectivity index (χ0v) is 11.3. The third kappa shape index (κ3) is 2.57. The Balaban J connectivity index is 1.88. The normalized spacial score (nSPS) is 10.4. The number of nitrogens with one attached hydrogen (secondary N) is 1. The van der Waals surface area contributed by atoms with Crippen molar-refractivity contribution in [3.05, 3.63) is 66.4 Å². The van der Waals surface area contributed by atoms with Gasteiger partial charge in [-0.3, -0.25) is 0 Å². The van der Waals surface area contributed by atoms with E-state index < -0.39 is 0 Å². The Morgan fingerprint density at radius 2 is 1.75 bits per heavy atom. The van der Waals surface area contributed by atoms with Gasteiger partial charge in [0.2, 0.25) is 0 Å². The van der Waals surface area contributed by atoms with Crippen molar-refractivity contribution in [1.29, 1.82) is 0 Å². The predicted octanol–water partition coefficient (Wildman–Crippen LogP) is 3.86. The molecular weight excluding hydrogens is 248 g/mol. The minimum atomic E-state index is 0.462. The van der Waals surface area contributed by atoms with Crippen molar-refractivity contribution in [2.75, 3.05) is 12.4 Å². The Hall–Kier alpha value is -2.55. The molecular formula is C17H16N2O. The van der Waals surface area contributed by atoms with Crippen molar-refractivity contribution in [2.24, 2.45) is 0 Å². The molecule has 0 bridgehead atoms. The molecule has 3 aromatic rings. The second-order valence-corrected chi connectivity index (χ2v) is 4.54. The number of ether oxygens (including phenoxy) is 1. The van der Waals surface area contributed by atoms with E-state index in [9.17, 15) is 0 Å². The van der Waals surface area contributed by atoms with Crippen LogP contribution in [-0.2, 0) is 6.61 Å². The lowest BCUT2D eigenvalue weighted by atomic mass is 10.1. The lowest BCUT2D eigenvalue weighted by Crippen LogP contribution is -2.02. The summed E-state index contributed by atoms with van der Waals surface area (Å²) >= 11 is 0. The lowest BCUT2D eigenvalue weighted by molar-refractivity contribution is 0.302. The van der Waals surface area contributed by atoms with Gasteiger partial charge in [-0.05, 0) is 23.6 Å². The molecule has 0 aliphatic heterocycles. The molecule has 0 atom stereocenters. The number of anilines is 1. The van der Waals surface area contributed by atoms with Crippen LogP contribution >= 0.6 is 0 Å². The summed E-state index contributed by atoms with van der Waals surface area (Å²) in [5.74, 6) is 1.74. The summed E-state index contributed by atoms with van der Waals surface area (Å²) in [4.78, 5) is 4.60. The molecule has 0 aliphatic rings. The van der Waals surface area contributed by atoms with Crippen molar-refractivity contribution in [3.8, 4) is 5.75 Å². The molecule has 3 heteroatoms. The van der Waals surface area contributed by atoms with Crippen LogP contribution in [0.4, 0.5) is 5.82 Å². The number of fused-ring (bicyclic) bond motifs is 1. The maximum Gasteiger partial charge on any atom is 0.134 e. The first-order valence-corrected chi connectivity index (χ1v) is 6.61. The summed E-state index contributed by atoms with van der Waals surface area (Å²) in [7, 11) is 1.89. The number of pyridine rings is 1. The van der Waals surface area contributed by atoms with Gasteiger partial charge >= 0.3 is 0 Å². The van der Waals surface area contributed by atoms with E-state index in [2.05, 4.69) is 28.5 Å². The van der Waals surface area contributed by atoms with Gasteiger partial charge in [0, 0.05) is 12.4 Å². The van der Waals surface area contributed by atoms with Gasteiger partial charge in [0.1, 0.15) is 18.2 Å². The molecule has 2 aromatic carbocycles. The number of hydrogen-bond acceptors (Lipinski definition) is 3. The maximum absolute atomic E-state index is 5.75. The van der Waals surface area contributed by atoms with Crippen molar-refractivity contribution in [2.45, 2.75) is 6.61 Å². The van der Waals surface area contributed by atoms with Crippen LogP contribution in [0.5, 0.6) is 5.75 Å². The zero-order chi connectivity index (χ0) is 13.8. The summed E-state index contributed by atoms with van der Waals surface area (Å²) in [6, 6.07) is 20.1. The largest absolute Gasteiger partial charge is 0.487 e. The first-order valence-electron chi connectivity index (χ1n) is 6.61. The van der Waals surface area contributed by atoms with E-state index in [0.717, 1.165) is 22.6 Å². The number of para-hydroxylation sites is 1. The number of aromatic nitrogens is 1. The number of nitrogens with zero attached hydrogens (tertiary/aromatic N) is 1. The lowest BCUT2D eigenvalue weighted by Gasteiger charge is -2.10. The van der Waals surface area contributed by atoms with E-state index in [-0.39, 0.29) is 0 Å². The molecule has 0 amide bonds. The van der Waals surface area contributed by atoms with E-state index in [1.807, 2.05) is 49.5 Å². The topological polar surface area (TPSA) is 34.2 Å². The Kier molecular flexibility index (Phi) is 3.50. The standard InChI is InChI=1S/C17H16N2O/c1-18-17-16-10-6-5-7-13(16)11-14(19-17)12-20-15-8-3-2-4-9-15/h2-11H,12H2,1H3,(H,18,19). The first-order chi connectivity index (χ1) is 9.86. The van der Waals surface area contributed by atoms with Crippen LogP contribution in [0.25, 0.3) is 10.8 Å². The Morgan fingerprint density at radius 1 is 1.00 bits per heavy atom. The fraction of sp³-hybridized carbons (Fsp3) is 0.118. The first kappa shape index (κ1) is 12.5. The number of hydrogen-bond donors (Lipinski definition) is 1. The molecule has 0 aliphatic carbocycles. The quantitative estimate of drug-likeness (QED) is 0.777. The van der Waals surface area contributed by atoms with Crippen molar-refractivity contribution in [3.63, 3.8) is 0 Å². The molecule has 3 nitrogen and oxygen atoms in total. The fourth-order valence-corrected chi connectivity index (χ4v) is 2.19. The van der Waals surface area contributed by atoms with Crippen molar-refractivity contribution in [1.82, 2.24) is 4.98 Å². The van der Waals surface area contributed by atoms with Crippen LogP contribution in [0.15, 0.2) is 60.7 Å². The fourth-order valence-electron chi connectivity index (χ4n) is 2.19. The highest BCUT2D eigenvalue weighted by molar-refractivity contribution is 5.92. The van der Waals surface area contributed by atoms with Gasteiger partial charge in [0.15, 0.2) is 0 Å². The van der Waals surface area contributed by atoms with E-state index >= 15 is 0 Å². The van der Waals surface area contributed by atoms with Gasteiger partial charge in [-0.2, -0.15) is 0 Å². The van der Waals surface area contributed by atoms with Crippen LogP contribution in [0.1, 0.15) is 5.69 Å². The Morgan fingerprint density at radius 3 is 2.55 bits per heavy atom. The molecule has 0 spiro atoms. The second-order valence-electron chi connectivity index (χ2n) is 4.54. The number of rotatable bonds is 4. The molecule has 0 radical (unpaired) electrons. The van der Waals surface area contributed by atoms with E-state index in [0.29, 0.717) is 6.61 Å². The molecule has 20 heavy (non-hydrogen) atoms. The molecule has 1 heterocycles. The Bertz CT molecular complexity index is 711. The monoisotopic (exact) mass is 264 g/mol. The molecule has 3 rings (SSSR count). The Labute approximate surface area is 118 Å². The number of benzene rings is 2. The predicted molar refractivity (Wildman–Crippen MR) is 82.1 cm³/mol. The van der Waals surface area contributed by atoms with Gasteiger partial charge < -0.3 is 10.1 Å². The summed E-state index contributed by atoms with van der Waals surface area (Å²) in [5, 5.41) is 5.43. The van der Waals surface area contributed by atoms with Gasteiger partial charge in [-0.1, -0.05) is 42.5 Å². The molecule has 0 saturated heterocycles. The van der Waals surface area contributed by atoms with E-state index in [1.165, 1.54) is 5.39 Å². The smallest absolute Gasteiger partial charge is 0.134 e. The molecule has 1 aromatic heterocycles. The summed E-state index contributed by atoms with van der Waals surface area (Å²) in [5.41, 5.74) is 0.914. The minimum absolute atomic E-state index is 0.462. The van der Waals surface area contributed by atoms with Crippen LogP contribution in [-0.4, -0.2) is 12.0 Å². The van der Waals surface area contributed by atoms with Gasteiger partial charge in [0.25, 0.3) is 0 Å². The molecule has 0 saturated carbocycles. The maximum atomic E-state index is 5.75.